The molecule has 0 aliphatic rings. The van der Waals surface area contributed by atoms with Gasteiger partial charge in [0.25, 0.3) is 0 Å². The molecule has 0 aliphatic heterocycles. The summed E-state index contributed by atoms with van der Waals surface area (Å²) in [6.07, 6.45) is 0.720. The lowest BCUT2D eigenvalue weighted by atomic mass is 10.2. The van der Waals surface area contributed by atoms with E-state index in [2.05, 4.69) is 15.3 Å². The number of rotatable bonds is 7. The Morgan fingerprint density at radius 1 is 1.14 bits per heavy atom. The number of ether oxygens (including phenoxy) is 2. The SMILES string of the molecule is CCOc1nc(CC)nc(NCc2ccc(OC)cc2)c1N. The van der Waals surface area contributed by atoms with Crippen molar-refractivity contribution in [2.75, 3.05) is 24.8 Å². The third-order valence-corrected chi connectivity index (χ3v) is 3.17. The van der Waals surface area contributed by atoms with Crippen LogP contribution in [0.3, 0.4) is 0 Å². The summed E-state index contributed by atoms with van der Waals surface area (Å²) >= 11 is 0. The number of nitrogens with zero attached hydrogens (tertiary/aromatic N) is 2. The highest BCUT2D eigenvalue weighted by atomic mass is 16.5. The molecule has 0 radical (unpaired) electrons. The number of nitrogens with two attached hydrogens (primary N) is 1. The lowest BCUT2D eigenvalue weighted by molar-refractivity contribution is 0.327. The van der Waals surface area contributed by atoms with E-state index in [-0.39, 0.29) is 0 Å². The van der Waals surface area contributed by atoms with E-state index in [0.717, 1.165) is 17.7 Å². The van der Waals surface area contributed by atoms with Gasteiger partial charge in [0.2, 0.25) is 5.88 Å². The van der Waals surface area contributed by atoms with Crippen molar-refractivity contribution in [3.8, 4) is 11.6 Å². The van der Waals surface area contributed by atoms with E-state index >= 15 is 0 Å². The fourth-order valence-electron chi connectivity index (χ4n) is 1.96. The summed E-state index contributed by atoms with van der Waals surface area (Å²) in [6, 6.07) is 7.83. The zero-order chi connectivity index (χ0) is 15.9. The molecule has 1 heterocycles. The number of hydrogen-bond donors (Lipinski definition) is 2. The van der Waals surface area contributed by atoms with Crippen molar-refractivity contribution in [1.29, 1.82) is 0 Å². The number of nitrogen functional groups attached to an aromatic ring is 1. The molecule has 0 saturated heterocycles. The monoisotopic (exact) mass is 302 g/mol. The van der Waals surface area contributed by atoms with Crippen LogP contribution in [0.15, 0.2) is 24.3 Å². The molecular formula is C16H22N4O2. The van der Waals surface area contributed by atoms with Gasteiger partial charge < -0.3 is 20.5 Å². The van der Waals surface area contributed by atoms with Gasteiger partial charge in [-0.05, 0) is 24.6 Å². The first-order valence-corrected chi connectivity index (χ1v) is 7.33. The van der Waals surface area contributed by atoms with Gasteiger partial charge in [-0.3, -0.25) is 0 Å². The van der Waals surface area contributed by atoms with Crippen molar-refractivity contribution in [2.45, 2.75) is 26.8 Å². The molecule has 1 aromatic carbocycles. The van der Waals surface area contributed by atoms with Gasteiger partial charge in [0, 0.05) is 13.0 Å². The number of anilines is 2. The Hall–Kier alpha value is -2.50. The van der Waals surface area contributed by atoms with Crippen LogP contribution in [0.1, 0.15) is 25.2 Å². The van der Waals surface area contributed by atoms with E-state index in [9.17, 15) is 0 Å². The highest BCUT2D eigenvalue weighted by Crippen LogP contribution is 2.26. The molecule has 6 nitrogen and oxygen atoms in total. The maximum absolute atomic E-state index is 6.07. The van der Waals surface area contributed by atoms with Gasteiger partial charge in [0.1, 0.15) is 17.3 Å². The average molecular weight is 302 g/mol. The summed E-state index contributed by atoms with van der Waals surface area (Å²) in [4.78, 5) is 8.73. The van der Waals surface area contributed by atoms with Crippen LogP contribution >= 0.6 is 0 Å². The summed E-state index contributed by atoms with van der Waals surface area (Å²) in [7, 11) is 1.65. The van der Waals surface area contributed by atoms with E-state index in [1.165, 1.54) is 0 Å². The second-order valence-corrected chi connectivity index (χ2v) is 4.70. The molecule has 0 amide bonds. The van der Waals surface area contributed by atoms with E-state index < -0.39 is 0 Å². The quantitative estimate of drug-likeness (QED) is 0.818. The first-order valence-electron chi connectivity index (χ1n) is 7.33. The van der Waals surface area contributed by atoms with Crippen molar-refractivity contribution in [3.05, 3.63) is 35.7 Å². The van der Waals surface area contributed by atoms with E-state index in [4.69, 9.17) is 15.2 Å². The van der Waals surface area contributed by atoms with Crippen molar-refractivity contribution in [1.82, 2.24) is 9.97 Å². The molecule has 0 unspecified atom stereocenters. The molecule has 3 N–H and O–H groups in total. The molecule has 6 heteroatoms. The summed E-state index contributed by atoms with van der Waals surface area (Å²) in [6.45, 7) is 5.02. The van der Waals surface area contributed by atoms with Crippen molar-refractivity contribution in [3.63, 3.8) is 0 Å². The van der Waals surface area contributed by atoms with Crippen LogP contribution in [0.5, 0.6) is 11.6 Å². The van der Waals surface area contributed by atoms with Crippen LogP contribution < -0.4 is 20.5 Å². The van der Waals surface area contributed by atoms with E-state index in [0.29, 0.717) is 36.4 Å². The minimum atomic E-state index is 0.437. The Labute approximate surface area is 130 Å². The van der Waals surface area contributed by atoms with Crippen LogP contribution in [0.2, 0.25) is 0 Å². The summed E-state index contributed by atoms with van der Waals surface area (Å²) in [5.41, 5.74) is 7.61. The molecule has 22 heavy (non-hydrogen) atoms. The highest BCUT2D eigenvalue weighted by molar-refractivity contribution is 5.67. The number of methoxy groups -OCH3 is 1. The average Bonchev–Trinajstić information content (AvgIpc) is 2.56. The number of nitrogens with one attached hydrogen (secondary N) is 1. The number of aryl methyl sites for hydroxylation is 1. The fourth-order valence-corrected chi connectivity index (χ4v) is 1.96. The molecule has 2 rings (SSSR count). The predicted octanol–water partition coefficient (Wildman–Crippen LogP) is 2.64. The third kappa shape index (κ3) is 3.78. The molecule has 0 spiro atoms. The Morgan fingerprint density at radius 2 is 1.86 bits per heavy atom. The van der Waals surface area contributed by atoms with Crippen LogP contribution in [0.25, 0.3) is 0 Å². The summed E-state index contributed by atoms with van der Waals surface area (Å²) < 4.78 is 10.6. The lowest BCUT2D eigenvalue weighted by Gasteiger charge is -2.13. The molecule has 2 aromatic rings. The molecule has 0 atom stereocenters. The van der Waals surface area contributed by atoms with Crippen molar-refractivity contribution in [2.24, 2.45) is 0 Å². The molecular weight excluding hydrogens is 280 g/mol. The van der Waals surface area contributed by atoms with Crippen molar-refractivity contribution >= 4 is 11.5 Å². The second kappa shape index (κ2) is 7.49. The highest BCUT2D eigenvalue weighted by Gasteiger charge is 2.12. The van der Waals surface area contributed by atoms with E-state index in [1.54, 1.807) is 7.11 Å². The second-order valence-electron chi connectivity index (χ2n) is 4.70. The number of hydrogen-bond acceptors (Lipinski definition) is 6. The number of benzene rings is 1. The topological polar surface area (TPSA) is 82.3 Å². The maximum atomic E-state index is 6.07. The van der Waals surface area contributed by atoms with Gasteiger partial charge in [0.05, 0.1) is 13.7 Å². The minimum absolute atomic E-state index is 0.437. The third-order valence-electron chi connectivity index (χ3n) is 3.17. The Bertz CT molecular complexity index is 614. The normalized spacial score (nSPS) is 10.3. The maximum Gasteiger partial charge on any atom is 0.242 e. The van der Waals surface area contributed by atoms with Gasteiger partial charge in [-0.2, -0.15) is 4.98 Å². The number of aromatic nitrogens is 2. The Morgan fingerprint density at radius 3 is 2.45 bits per heavy atom. The smallest absolute Gasteiger partial charge is 0.242 e. The zero-order valence-electron chi connectivity index (χ0n) is 13.2. The molecule has 118 valence electrons. The predicted molar refractivity (Wildman–Crippen MR) is 87.3 cm³/mol. The first kappa shape index (κ1) is 15.9. The van der Waals surface area contributed by atoms with Gasteiger partial charge in [0.15, 0.2) is 5.82 Å². The van der Waals surface area contributed by atoms with Gasteiger partial charge in [-0.25, -0.2) is 4.98 Å². The first-order chi connectivity index (χ1) is 10.7. The minimum Gasteiger partial charge on any atom is -0.497 e. The fraction of sp³-hybridized carbons (Fsp3) is 0.375. The molecule has 0 aliphatic carbocycles. The standard InChI is InChI=1S/C16H22N4O2/c1-4-13-19-15(14(17)16(20-13)22-5-2)18-10-11-6-8-12(21-3)9-7-11/h6-9H,4-5,10,17H2,1-3H3,(H,18,19,20). The Balaban J connectivity index is 2.15. The van der Waals surface area contributed by atoms with Crippen LogP contribution in [-0.4, -0.2) is 23.7 Å². The van der Waals surface area contributed by atoms with Gasteiger partial charge in [-0.1, -0.05) is 19.1 Å². The van der Waals surface area contributed by atoms with Crippen LogP contribution in [0, 0.1) is 0 Å². The molecule has 0 saturated carbocycles. The van der Waals surface area contributed by atoms with E-state index in [1.807, 2.05) is 38.1 Å². The summed E-state index contributed by atoms with van der Waals surface area (Å²) in [5, 5.41) is 3.24. The van der Waals surface area contributed by atoms with Gasteiger partial charge in [-0.15, -0.1) is 0 Å². The lowest BCUT2D eigenvalue weighted by Crippen LogP contribution is -2.10. The zero-order valence-corrected chi connectivity index (χ0v) is 13.2. The molecule has 0 bridgehead atoms. The molecule has 1 aromatic heterocycles. The largest absolute Gasteiger partial charge is 0.497 e. The molecule has 0 fully saturated rings. The Kier molecular flexibility index (Phi) is 5.41. The summed E-state index contributed by atoms with van der Waals surface area (Å²) in [5.74, 6) is 2.57. The van der Waals surface area contributed by atoms with Crippen LogP contribution in [0.4, 0.5) is 11.5 Å². The van der Waals surface area contributed by atoms with Crippen LogP contribution in [-0.2, 0) is 13.0 Å². The van der Waals surface area contributed by atoms with Crippen molar-refractivity contribution < 1.29 is 9.47 Å². The van der Waals surface area contributed by atoms with Gasteiger partial charge >= 0.3 is 0 Å².